The first kappa shape index (κ1) is 17.7. The van der Waals surface area contributed by atoms with Crippen LogP contribution in [0.5, 0.6) is 0 Å². The van der Waals surface area contributed by atoms with Crippen LogP contribution in [-0.4, -0.2) is 6.72 Å². The van der Waals surface area contributed by atoms with E-state index in [4.69, 9.17) is 0 Å². The molecule has 0 aliphatic carbocycles. The SMILES string of the molecule is C=N/C(CC)=C(/C)C(CCC)c1ccc(C(C)(C)C)cc1. The Morgan fingerprint density at radius 2 is 1.71 bits per heavy atom. The summed E-state index contributed by atoms with van der Waals surface area (Å²) in [4.78, 5) is 4.22. The lowest BCUT2D eigenvalue weighted by atomic mass is 9.83. The van der Waals surface area contributed by atoms with Crippen molar-refractivity contribution in [1.29, 1.82) is 0 Å². The molecule has 0 aromatic heterocycles. The fourth-order valence-electron chi connectivity index (χ4n) is 2.85. The molecule has 0 heterocycles. The fraction of sp³-hybridized carbons (Fsp3) is 0.550. The molecule has 1 aromatic rings. The van der Waals surface area contributed by atoms with E-state index in [0.29, 0.717) is 5.92 Å². The summed E-state index contributed by atoms with van der Waals surface area (Å²) in [5, 5.41) is 0. The Kier molecular flexibility index (Phi) is 6.39. The number of rotatable bonds is 6. The zero-order valence-corrected chi connectivity index (χ0v) is 14.7. The highest BCUT2D eigenvalue weighted by Gasteiger charge is 2.18. The number of allylic oxidation sites excluding steroid dienone is 2. The Bertz CT molecular complexity index is 486. The highest BCUT2D eigenvalue weighted by atomic mass is 14.7. The summed E-state index contributed by atoms with van der Waals surface area (Å²) in [7, 11) is 0. The van der Waals surface area contributed by atoms with Crippen LogP contribution in [0.2, 0.25) is 0 Å². The zero-order valence-electron chi connectivity index (χ0n) is 14.7. The highest BCUT2D eigenvalue weighted by Crippen LogP contribution is 2.33. The van der Waals surface area contributed by atoms with Gasteiger partial charge in [0.05, 0.1) is 0 Å². The van der Waals surface area contributed by atoms with Gasteiger partial charge in [-0.3, -0.25) is 4.99 Å². The maximum Gasteiger partial charge on any atom is 0.0389 e. The van der Waals surface area contributed by atoms with Gasteiger partial charge in [-0.1, -0.05) is 65.3 Å². The Morgan fingerprint density at radius 3 is 2.10 bits per heavy atom. The van der Waals surface area contributed by atoms with Crippen molar-refractivity contribution in [3.05, 3.63) is 46.7 Å². The maximum absolute atomic E-state index is 4.22. The minimum Gasteiger partial charge on any atom is -0.269 e. The smallest absolute Gasteiger partial charge is 0.0389 e. The molecule has 0 saturated carbocycles. The van der Waals surface area contributed by atoms with Crippen LogP contribution in [0, 0.1) is 0 Å². The van der Waals surface area contributed by atoms with Crippen LogP contribution in [0.25, 0.3) is 0 Å². The first-order chi connectivity index (χ1) is 9.85. The van der Waals surface area contributed by atoms with Crippen LogP contribution in [-0.2, 0) is 5.41 Å². The second-order valence-electron chi connectivity index (χ2n) is 6.85. The highest BCUT2D eigenvalue weighted by molar-refractivity contribution is 5.37. The molecule has 21 heavy (non-hydrogen) atoms. The first-order valence-corrected chi connectivity index (χ1v) is 8.11. The molecule has 1 rings (SSSR count). The third-order valence-electron chi connectivity index (χ3n) is 4.26. The quantitative estimate of drug-likeness (QED) is 0.547. The van der Waals surface area contributed by atoms with Gasteiger partial charge >= 0.3 is 0 Å². The van der Waals surface area contributed by atoms with Gasteiger partial charge in [-0.2, -0.15) is 0 Å². The molecule has 116 valence electrons. The molecule has 0 fully saturated rings. The topological polar surface area (TPSA) is 12.4 Å². The van der Waals surface area contributed by atoms with Gasteiger partial charge in [-0.05, 0) is 48.6 Å². The summed E-state index contributed by atoms with van der Waals surface area (Å²) >= 11 is 0. The summed E-state index contributed by atoms with van der Waals surface area (Å²) in [6.45, 7) is 17.1. The molecule has 1 aromatic carbocycles. The maximum atomic E-state index is 4.22. The average Bonchev–Trinajstić information content (AvgIpc) is 2.45. The van der Waals surface area contributed by atoms with Crippen molar-refractivity contribution in [1.82, 2.24) is 0 Å². The summed E-state index contributed by atoms with van der Waals surface area (Å²) in [5.74, 6) is 0.462. The molecule has 1 heteroatoms. The van der Waals surface area contributed by atoms with Gasteiger partial charge in [0, 0.05) is 11.6 Å². The van der Waals surface area contributed by atoms with Crippen LogP contribution >= 0.6 is 0 Å². The fourth-order valence-corrected chi connectivity index (χ4v) is 2.85. The van der Waals surface area contributed by atoms with Gasteiger partial charge in [0.1, 0.15) is 0 Å². The molecule has 0 bridgehead atoms. The Balaban J connectivity index is 3.18. The minimum absolute atomic E-state index is 0.209. The van der Waals surface area contributed by atoms with Crippen molar-refractivity contribution in [2.24, 2.45) is 4.99 Å². The molecule has 0 saturated heterocycles. The molecule has 0 radical (unpaired) electrons. The van der Waals surface area contributed by atoms with E-state index in [1.807, 2.05) is 0 Å². The van der Waals surface area contributed by atoms with Gasteiger partial charge < -0.3 is 0 Å². The Hall–Kier alpha value is -1.37. The lowest BCUT2D eigenvalue weighted by Gasteiger charge is -2.23. The predicted octanol–water partition coefficient (Wildman–Crippen LogP) is 6.25. The standard InChI is InChI=1S/C20H31N/c1-8-10-18(15(3)19(9-2)21-7)16-11-13-17(14-12-16)20(4,5)6/h11-14,18H,7-10H2,1-6H3/b19-15-. The van der Waals surface area contributed by atoms with Crippen LogP contribution in [0.3, 0.4) is 0 Å². The number of nitrogens with zero attached hydrogens (tertiary/aromatic N) is 1. The lowest BCUT2D eigenvalue weighted by molar-refractivity contribution is 0.589. The van der Waals surface area contributed by atoms with Crippen LogP contribution in [0.1, 0.15) is 77.8 Å². The molecule has 0 spiro atoms. The van der Waals surface area contributed by atoms with Crippen molar-refractivity contribution in [2.45, 2.75) is 72.1 Å². The zero-order chi connectivity index (χ0) is 16.0. The van der Waals surface area contributed by atoms with Crippen molar-refractivity contribution in [3.8, 4) is 0 Å². The third-order valence-corrected chi connectivity index (χ3v) is 4.26. The molecule has 0 aliphatic heterocycles. The summed E-state index contributed by atoms with van der Waals surface area (Å²) < 4.78 is 0. The second-order valence-corrected chi connectivity index (χ2v) is 6.85. The van der Waals surface area contributed by atoms with Crippen LogP contribution in [0.15, 0.2) is 40.5 Å². The number of hydrogen-bond acceptors (Lipinski definition) is 1. The summed E-state index contributed by atoms with van der Waals surface area (Å²) in [5.41, 5.74) is 5.52. The van der Waals surface area contributed by atoms with E-state index >= 15 is 0 Å². The van der Waals surface area contributed by atoms with Crippen LogP contribution in [0.4, 0.5) is 0 Å². The first-order valence-electron chi connectivity index (χ1n) is 8.11. The molecular formula is C20H31N. The molecular weight excluding hydrogens is 254 g/mol. The molecule has 0 N–H and O–H groups in total. The molecule has 0 aliphatic rings. The van der Waals surface area contributed by atoms with E-state index in [1.165, 1.54) is 29.5 Å². The lowest BCUT2D eigenvalue weighted by Crippen LogP contribution is -2.11. The van der Waals surface area contributed by atoms with Crippen molar-refractivity contribution in [3.63, 3.8) is 0 Å². The third kappa shape index (κ3) is 4.56. The van der Waals surface area contributed by atoms with E-state index in [0.717, 1.165) is 12.1 Å². The van der Waals surface area contributed by atoms with E-state index in [1.54, 1.807) is 0 Å². The van der Waals surface area contributed by atoms with E-state index in [-0.39, 0.29) is 5.41 Å². The van der Waals surface area contributed by atoms with Gasteiger partial charge in [0.25, 0.3) is 0 Å². The van der Waals surface area contributed by atoms with Crippen molar-refractivity contribution < 1.29 is 0 Å². The van der Waals surface area contributed by atoms with Gasteiger partial charge in [-0.25, -0.2) is 0 Å². The van der Waals surface area contributed by atoms with Crippen molar-refractivity contribution >= 4 is 6.72 Å². The van der Waals surface area contributed by atoms with Gasteiger partial charge in [0.2, 0.25) is 0 Å². The summed E-state index contributed by atoms with van der Waals surface area (Å²) in [6.07, 6.45) is 3.30. The number of aliphatic imine (C=N–C) groups is 1. The van der Waals surface area contributed by atoms with E-state index in [2.05, 4.69) is 77.5 Å². The second kappa shape index (κ2) is 7.59. The average molecular weight is 285 g/mol. The van der Waals surface area contributed by atoms with E-state index < -0.39 is 0 Å². The van der Waals surface area contributed by atoms with Gasteiger partial charge in [-0.15, -0.1) is 0 Å². The molecule has 1 nitrogen and oxygen atoms in total. The monoisotopic (exact) mass is 285 g/mol. The van der Waals surface area contributed by atoms with Gasteiger partial charge in [0.15, 0.2) is 0 Å². The van der Waals surface area contributed by atoms with Crippen molar-refractivity contribution in [2.75, 3.05) is 0 Å². The minimum atomic E-state index is 0.209. The largest absolute Gasteiger partial charge is 0.269 e. The normalized spacial score (nSPS) is 14.6. The van der Waals surface area contributed by atoms with Crippen LogP contribution < -0.4 is 0 Å². The predicted molar refractivity (Wildman–Crippen MR) is 95.3 cm³/mol. The molecule has 1 unspecified atom stereocenters. The number of hydrogen-bond donors (Lipinski definition) is 0. The number of benzene rings is 1. The molecule has 1 atom stereocenters. The van der Waals surface area contributed by atoms with E-state index in [9.17, 15) is 0 Å². The Labute approximate surface area is 131 Å². The summed E-state index contributed by atoms with van der Waals surface area (Å²) in [6, 6.07) is 9.14. The Morgan fingerprint density at radius 1 is 1.14 bits per heavy atom. The molecule has 0 amide bonds.